The van der Waals surface area contributed by atoms with E-state index in [9.17, 15) is 4.79 Å². The van der Waals surface area contributed by atoms with Crippen molar-refractivity contribution in [2.75, 3.05) is 31.4 Å². The monoisotopic (exact) mass is 540 g/mol. The zero-order valence-corrected chi connectivity index (χ0v) is 24.1. The van der Waals surface area contributed by atoms with Crippen molar-refractivity contribution in [3.8, 4) is 11.5 Å². The minimum Gasteiger partial charge on any atom is -0.497 e. The van der Waals surface area contributed by atoms with Crippen molar-refractivity contribution < 1.29 is 14.3 Å². The van der Waals surface area contributed by atoms with E-state index in [4.69, 9.17) is 9.47 Å². The molecule has 4 rings (SSSR count). The summed E-state index contributed by atoms with van der Waals surface area (Å²) in [4.78, 5) is 19.9. The summed E-state index contributed by atoms with van der Waals surface area (Å²) in [5, 5.41) is 7.71. The van der Waals surface area contributed by atoms with E-state index < -0.39 is 0 Å². The smallest absolute Gasteiger partial charge is 0.322 e. The predicted octanol–water partition coefficient (Wildman–Crippen LogP) is 7.69. The van der Waals surface area contributed by atoms with Crippen molar-refractivity contribution in [1.82, 2.24) is 9.88 Å². The Kier molecular flexibility index (Phi) is 9.84. The fourth-order valence-electron chi connectivity index (χ4n) is 4.76. The number of anilines is 2. The van der Waals surface area contributed by atoms with Crippen LogP contribution in [-0.2, 0) is 6.54 Å². The molecule has 0 aliphatic carbocycles. The number of aromatic nitrogens is 1. The van der Waals surface area contributed by atoms with E-state index in [1.54, 1.807) is 20.4 Å². The maximum absolute atomic E-state index is 13.5. The fraction of sp³-hybridized carbons (Fsp3) is 0.333. The maximum Gasteiger partial charge on any atom is 0.322 e. The highest BCUT2D eigenvalue weighted by Gasteiger charge is 2.17. The first-order chi connectivity index (χ1) is 19.4. The molecule has 0 bridgehead atoms. The zero-order chi connectivity index (χ0) is 28.5. The van der Waals surface area contributed by atoms with Crippen molar-refractivity contribution in [1.29, 1.82) is 0 Å². The van der Waals surface area contributed by atoms with E-state index in [-0.39, 0.29) is 12.1 Å². The lowest BCUT2D eigenvalue weighted by Gasteiger charge is -2.25. The van der Waals surface area contributed by atoms with Crippen LogP contribution in [0.1, 0.15) is 50.7 Å². The molecule has 2 amide bonds. The van der Waals surface area contributed by atoms with Gasteiger partial charge in [0, 0.05) is 41.5 Å². The SMILES string of the molecule is COc1cc(NC(C)CCCN(Cc2ccccc2OC)C(=O)Nc2ccc(C(C)C)cc2)c2ncccc2c1. The Labute approximate surface area is 237 Å². The van der Waals surface area contributed by atoms with Crippen LogP contribution < -0.4 is 20.1 Å². The number of carbonyl (C=O) groups is 1. The Morgan fingerprint density at radius 3 is 2.45 bits per heavy atom. The lowest BCUT2D eigenvalue weighted by molar-refractivity contribution is 0.207. The van der Waals surface area contributed by atoms with E-state index in [1.807, 2.05) is 65.6 Å². The first kappa shape index (κ1) is 28.7. The number of hydrogen-bond donors (Lipinski definition) is 2. The number of nitrogens with zero attached hydrogens (tertiary/aromatic N) is 2. The molecule has 0 aliphatic rings. The molecule has 4 aromatic rings. The Hall–Kier alpha value is -4.26. The lowest BCUT2D eigenvalue weighted by atomic mass is 10.0. The molecular weight excluding hydrogens is 500 g/mol. The van der Waals surface area contributed by atoms with Gasteiger partial charge in [0.2, 0.25) is 0 Å². The van der Waals surface area contributed by atoms with Gasteiger partial charge < -0.3 is 25.0 Å². The number of methoxy groups -OCH3 is 2. The summed E-state index contributed by atoms with van der Waals surface area (Å²) < 4.78 is 11.1. The number of fused-ring (bicyclic) bond motifs is 1. The van der Waals surface area contributed by atoms with Gasteiger partial charge in [-0.2, -0.15) is 0 Å². The number of nitrogens with one attached hydrogen (secondary N) is 2. The molecule has 1 heterocycles. The second-order valence-corrected chi connectivity index (χ2v) is 10.4. The van der Waals surface area contributed by atoms with Crippen molar-refractivity contribution in [3.05, 3.63) is 90.1 Å². The van der Waals surface area contributed by atoms with E-state index in [1.165, 1.54) is 5.56 Å². The molecule has 0 aliphatic heterocycles. The molecule has 0 saturated heterocycles. The van der Waals surface area contributed by atoms with Gasteiger partial charge in [0.25, 0.3) is 0 Å². The third kappa shape index (κ3) is 7.44. The van der Waals surface area contributed by atoms with Gasteiger partial charge in [0.15, 0.2) is 0 Å². The molecule has 2 N–H and O–H groups in total. The summed E-state index contributed by atoms with van der Waals surface area (Å²) in [7, 11) is 3.33. The Bertz CT molecular complexity index is 1400. The Balaban J connectivity index is 1.44. The third-order valence-electron chi connectivity index (χ3n) is 7.05. The van der Waals surface area contributed by atoms with Gasteiger partial charge in [-0.1, -0.05) is 50.2 Å². The minimum atomic E-state index is -0.133. The maximum atomic E-state index is 13.5. The first-order valence-electron chi connectivity index (χ1n) is 13.8. The number of urea groups is 1. The van der Waals surface area contributed by atoms with Gasteiger partial charge in [-0.25, -0.2) is 4.79 Å². The summed E-state index contributed by atoms with van der Waals surface area (Å²) in [5.74, 6) is 2.00. The van der Waals surface area contributed by atoms with Crippen molar-refractivity contribution in [2.24, 2.45) is 0 Å². The van der Waals surface area contributed by atoms with Crippen LogP contribution in [0.15, 0.2) is 79.0 Å². The Morgan fingerprint density at radius 2 is 1.73 bits per heavy atom. The summed E-state index contributed by atoms with van der Waals surface area (Å²) in [5.41, 5.74) is 4.85. The number of rotatable bonds is 12. The van der Waals surface area contributed by atoms with Crippen LogP contribution in [0, 0.1) is 0 Å². The van der Waals surface area contributed by atoms with Gasteiger partial charge in [0.05, 0.1) is 32.0 Å². The van der Waals surface area contributed by atoms with E-state index >= 15 is 0 Å². The molecule has 0 radical (unpaired) electrons. The summed E-state index contributed by atoms with van der Waals surface area (Å²) in [6, 6.07) is 23.9. The number of amides is 2. The molecule has 1 unspecified atom stereocenters. The van der Waals surface area contributed by atoms with Crippen LogP contribution >= 0.6 is 0 Å². The number of hydrogen-bond acceptors (Lipinski definition) is 5. The average molecular weight is 541 g/mol. The minimum absolute atomic E-state index is 0.133. The molecule has 0 fully saturated rings. The summed E-state index contributed by atoms with van der Waals surface area (Å²) in [6.45, 7) is 7.51. The zero-order valence-electron chi connectivity index (χ0n) is 24.1. The number of para-hydroxylation sites is 1. The Morgan fingerprint density at radius 1 is 0.950 bits per heavy atom. The van der Waals surface area contributed by atoms with Crippen LogP contribution in [-0.4, -0.2) is 42.7 Å². The van der Waals surface area contributed by atoms with Crippen molar-refractivity contribution in [3.63, 3.8) is 0 Å². The number of pyridine rings is 1. The molecule has 1 atom stereocenters. The molecule has 40 heavy (non-hydrogen) atoms. The molecule has 0 spiro atoms. The van der Waals surface area contributed by atoms with Crippen molar-refractivity contribution in [2.45, 2.75) is 52.1 Å². The molecule has 1 aromatic heterocycles. The summed E-state index contributed by atoms with van der Waals surface area (Å²) in [6.07, 6.45) is 3.48. The van der Waals surface area contributed by atoms with E-state index in [2.05, 4.69) is 48.5 Å². The van der Waals surface area contributed by atoms with Gasteiger partial charge in [-0.3, -0.25) is 4.98 Å². The van der Waals surface area contributed by atoms with Gasteiger partial charge >= 0.3 is 6.03 Å². The van der Waals surface area contributed by atoms with Crippen LogP contribution in [0.4, 0.5) is 16.2 Å². The standard InChI is InChI=1S/C33H40N4O3/c1-23(2)25-14-16-28(17-15-25)36-33(38)37(22-27-11-6-7-13-31(27)40-5)19-9-10-24(3)35-30-21-29(39-4)20-26-12-8-18-34-32(26)30/h6-8,11-18,20-21,23-24,35H,9-10,19,22H2,1-5H3,(H,36,38). The van der Waals surface area contributed by atoms with Crippen LogP contribution in [0.2, 0.25) is 0 Å². The second kappa shape index (κ2) is 13.7. The molecule has 7 heteroatoms. The average Bonchev–Trinajstić information content (AvgIpc) is 2.97. The van der Waals surface area contributed by atoms with Crippen molar-refractivity contribution >= 4 is 28.3 Å². The summed E-state index contributed by atoms with van der Waals surface area (Å²) >= 11 is 0. The van der Waals surface area contributed by atoms with E-state index in [0.29, 0.717) is 19.0 Å². The largest absolute Gasteiger partial charge is 0.497 e. The second-order valence-electron chi connectivity index (χ2n) is 10.4. The number of benzene rings is 3. The highest BCUT2D eigenvalue weighted by atomic mass is 16.5. The van der Waals surface area contributed by atoms with Crippen LogP contribution in [0.25, 0.3) is 10.9 Å². The van der Waals surface area contributed by atoms with Gasteiger partial charge in [0.1, 0.15) is 11.5 Å². The molecule has 210 valence electrons. The quantitative estimate of drug-likeness (QED) is 0.193. The molecular formula is C33H40N4O3. The topological polar surface area (TPSA) is 75.7 Å². The predicted molar refractivity (Wildman–Crippen MR) is 164 cm³/mol. The van der Waals surface area contributed by atoms with Gasteiger partial charge in [-0.15, -0.1) is 0 Å². The number of carbonyl (C=O) groups excluding carboxylic acids is 1. The highest BCUT2D eigenvalue weighted by Crippen LogP contribution is 2.29. The van der Waals surface area contributed by atoms with E-state index in [0.717, 1.165) is 52.2 Å². The molecule has 7 nitrogen and oxygen atoms in total. The highest BCUT2D eigenvalue weighted by molar-refractivity contribution is 5.92. The molecule has 3 aromatic carbocycles. The normalized spacial score (nSPS) is 11.8. The molecule has 0 saturated carbocycles. The fourth-order valence-corrected chi connectivity index (χ4v) is 4.76. The lowest BCUT2D eigenvalue weighted by Crippen LogP contribution is -2.36. The van der Waals surface area contributed by atoms with Gasteiger partial charge in [-0.05, 0) is 61.6 Å². The first-order valence-corrected chi connectivity index (χ1v) is 13.8. The third-order valence-corrected chi connectivity index (χ3v) is 7.05. The van der Waals surface area contributed by atoms with Crippen LogP contribution in [0.3, 0.4) is 0 Å². The van der Waals surface area contributed by atoms with Crippen LogP contribution in [0.5, 0.6) is 11.5 Å². The number of ether oxygens (including phenoxy) is 2.